The number of aliphatic hydroxyl groups excluding tert-OH is 1. The quantitative estimate of drug-likeness (QED) is 0.855. The summed E-state index contributed by atoms with van der Waals surface area (Å²) in [6.07, 6.45) is 0.400. The number of carbonyl (C=O) groups excluding carboxylic acids is 1. The Kier molecular flexibility index (Phi) is 5.21. The first-order valence-electron chi connectivity index (χ1n) is 6.83. The highest BCUT2D eigenvalue weighted by molar-refractivity contribution is 5.68. The Bertz CT molecular complexity index is 309. The predicted octanol–water partition coefficient (Wildman–Crippen LogP) is 2.03. The minimum Gasteiger partial charge on any atom is -0.444 e. The number of aliphatic hydroxyl groups is 1. The molecule has 0 aromatic rings. The zero-order valence-electron chi connectivity index (χ0n) is 12.7. The van der Waals surface area contributed by atoms with Gasteiger partial charge in [0, 0.05) is 13.2 Å². The molecular formula is C14H27NO4. The summed E-state index contributed by atoms with van der Waals surface area (Å²) in [7, 11) is 0. The molecule has 19 heavy (non-hydrogen) atoms. The van der Waals surface area contributed by atoms with Crippen LogP contribution in [-0.2, 0) is 9.47 Å². The van der Waals surface area contributed by atoms with Gasteiger partial charge in [0.25, 0.3) is 0 Å². The van der Waals surface area contributed by atoms with Gasteiger partial charge in [0.05, 0.1) is 19.3 Å². The van der Waals surface area contributed by atoms with Crippen molar-refractivity contribution in [2.45, 2.75) is 52.7 Å². The Labute approximate surface area is 115 Å². The van der Waals surface area contributed by atoms with Crippen molar-refractivity contribution in [2.75, 3.05) is 26.4 Å². The fourth-order valence-corrected chi connectivity index (χ4v) is 2.09. The molecule has 0 saturated carbocycles. The summed E-state index contributed by atoms with van der Waals surface area (Å²) in [5, 5.41) is 9.36. The highest BCUT2D eigenvalue weighted by atomic mass is 16.6. The van der Waals surface area contributed by atoms with Crippen molar-refractivity contribution in [2.24, 2.45) is 5.41 Å². The van der Waals surface area contributed by atoms with Crippen molar-refractivity contribution >= 4 is 6.09 Å². The number of ether oxygens (including phenoxy) is 2. The van der Waals surface area contributed by atoms with Crippen LogP contribution in [0.3, 0.4) is 0 Å². The monoisotopic (exact) mass is 273 g/mol. The molecule has 1 aliphatic heterocycles. The number of amides is 1. The fourth-order valence-electron chi connectivity index (χ4n) is 2.09. The van der Waals surface area contributed by atoms with Gasteiger partial charge in [-0.3, -0.25) is 0 Å². The summed E-state index contributed by atoms with van der Waals surface area (Å²) in [5.74, 6) is 0. The Balaban J connectivity index is 2.70. The lowest BCUT2D eigenvalue weighted by Gasteiger charge is -2.39. The van der Waals surface area contributed by atoms with Crippen LogP contribution in [0.25, 0.3) is 0 Å². The van der Waals surface area contributed by atoms with E-state index in [1.54, 1.807) is 4.90 Å². The highest BCUT2D eigenvalue weighted by Gasteiger charge is 2.34. The number of hydrogen-bond acceptors (Lipinski definition) is 4. The number of nitrogens with zero attached hydrogens (tertiary/aromatic N) is 1. The molecule has 0 aromatic heterocycles. The molecule has 1 N–H and O–H groups in total. The zero-order chi connectivity index (χ0) is 14.7. The lowest BCUT2D eigenvalue weighted by molar-refractivity contribution is -0.0448. The van der Waals surface area contributed by atoms with Crippen molar-refractivity contribution in [3.05, 3.63) is 0 Å². The van der Waals surface area contributed by atoms with Gasteiger partial charge in [-0.05, 0) is 32.6 Å². The summed E-state index contributed by atoms with van der Waals surface area (Å²) in [5.41, 5.74) is -0.724. The summed E-state index contributed by atoms with van der Waals surface area (Å²) >= 11 is 0. The van der Waals surface area contributed by atoms with E-state index in [2.05, 4.69) is 0 Å². The summed E-state index contributed by atoms with van der Waals surface area (Å²) in [6, 6.07) is -0.0363. The molecule has 5 heteroatoms. The number of carbonyl (C=O) groups is 1. The molecule has 5 nitrogen and oxygen atoms in total. The standard InChI is InChI=1S/C14H27NO4/c1-13(2,3)19-12(17)15-6-7-18-9-11(15)8-14(4,5)10-16/h11,16H,6-10H2,1-5H3. The predicted molar refractivity (Wildman–Crippen MR) is 73.0 cm³/mol. The van der Waals surface area contributed by atoms with Crippen LogP contribution in [0.1, 0.15) is 41.0 Å². The molecule has 1 rings (SSSR count). The van der Waals surface area contributed by atoms with Crippen molar-refractivity contribution < 1.29 is 19.4 Å². The molecule has 1 unspecified atom stereocenters. The van der Waals surface area contributed by atoms with E-state index in [1.807, 2.05) is 34.6 Å². The Hall–Kier alpha value is -0.810. The third-order valence-electron chi connectivity index (χ3n) is 3.07. The summed E-state index contributed by atoms with van der Waals surface area (Å²) < 4.78 is 10.9. The number of hydrogen-bond donors (Lipinski definition) is 1. The van der Waals surface area contributed by atoms with Crippen LogP contribution in [-0.4, -0.2) is 54.1 Å². The molecule has 0 aliphatic carbocycles. The van der Waals surface area contributed by atoms with Crippen LogP contribution in [0.15, 0.2) is 0 Å². The van der Waals surface area contributed by atoms with Crippen molar-refractivity contribution in [1.82, 2.24) is 4.90 Å². The second kappa shape index (κ2) is 6.09. The first-order chi connectivity index (χ1) is 8.64. The van der Waals surface area contributed by atoms with Gasteiger partial charge in [-0.15, -0.1) is 0 Å². The van der Waals surface area contributed by atoms with E-state index in [0.717, 1.165) is 0 Å². The molecule has 112 valence electrons. The first kappa shape index (κ1) is 16.2. The molecule has 1 aliphatic rings. The van der Waals surface area contributed by atoms with Gasteiger partial charge in [0.2, 0.25) is 0 Å². The maximum absolute atomic E-state index is 12.2. The second-order valence-corrected chi connectivity index (χ2v) is 6.93. The molecule has 0 aromatic carbocycles. The van der Waals surface area contributed by atoms with Gasteiger partial charge in [-0.2, -0.15) is 0 Å². The molecule has 1 amide bonds. The molecule has 0 radical (unpaired) electrons. The maximum atomic E-state index is 12.2. The Morgan fingerprint density at radius 3 is 2.53 bits per heavy atom. The SMILES string of the molecule is CC(C)(CO)CC1COCCN1C(=O)OC(C)(C)C. The molecule has 1 atom stereocenters. The van der Waals surface area contributed by atoms with Crippen LogP contribution in [0.5, 0.6) is 0 Å². The third-order valence-corrected chi connectivity index (χ3v) is 3.07. The van der Waals surface area contributed by atoms with Crippen LogP contribution < -0.4 is 0 Å². The van der Waals surface area contributed by atoms with Gasteiger partial charge in [0.1, 0.15) is 5.60 Å². The van der Waals surface area contributed by atoms with Gasteiger partial charge < -0.3 is 19.5 Å². The lowest BCUT2D eigenvalue weighted by Crippen LogP contribution is -2.52. The van der Waals surface area contributed by atoms with Crippen LogP contribution in [0.2, 0.25) is 0 Å². The molecule has 0 spiro atoms. The van der Waals surface area contributed by atoms with Crippen molar-refractivity contribution in [3.8, 4) is 0 Å². The Morgan fingerprint density at radius 2 is 2.00 bits per heavy atom. The lowest BCUT2D eigenvalue weighted by atomic mass is 9.86. The summed E-state index contributed by atoms with van der Waals surface area (Å²) in [6.45, 7) is 11.2. The van der Waals surface area contributed by atoms with Crippen LogP contribution >= 0.6 is 0 Å². The minimum absolute atomic E-state index is 0.0363. The van der Waals surface area contributed by atoms with Crippen molar-refractivity contribution in [1.29, 1.82) is 0 Å². The van der Waals surface area contributed by atoms with E-state index in [1.165, 1.54) is 0 Å². The van der Waals surface area contributed by atoms with E-state index >= 15 is 0 Å². The minimum atomic E-state index is -0.494. The molecular weight excluding hydrogens is 246 g/mol. The second-order valence-electron chi connectivity index (χ2n) is 6.93. The van der Waals surface area contributed by atoms with E-state index in [-0.39, 0.29) is 24.2 Å². The molecule has 1 saturated heterocycles. The van der Waals surface area contributed by atoms with Crippen LogP contribution in [0.4, 0.5) is 4.79 Å². The van der Waals surface area contributed by atoms with Crippen molar-refractivity contribution in [3.63, 3.8) is 0 Å². The zero-order valence-corrected chi connectivity index (χ0v) is 12.7. The van der Waals surface area contributed by atoms with E-state index in [9.17, 15) is 9.90 Å². The van der Waals surface area contributed by atoms with Gasteiger partial charge in [-0.1, -0.05) is 13.8 Å². The highest BCUT2D eigenvalue weighted by Crippen LogP contribution is 2.26. The summed E-state index contributed by atoms with van der Waals surface area (Å²) in [4.78, 5) is 13.9. The third kappa shape index (κ3) is 5.37. The average molecular weight is 273 g/mol. The number of rotatable bonds is 3. The fraction of sp³-hybridized carbons (Fsp3) is 0.929. The number of morpholine rings is 1. The molecule has 1 fully saturated rings. The Morgan fingerprint density at radius 1 is 1.37 bits per heavy atom. The topological polar surface area (TPSA) is 59.0 Å². The average Bonchev–Trinajstić information content (AvgIpc) is 2.27. The molecule has 0 bridgehead atoms. The van der Waals surface area contributed by atoms with E-state index in [4.69, 9.17) is 9.47 Å². The van der Waals surface area contributed by atoms with Gasteiger partial charge in [0.15, 0.2) is 0 Å². The van der Waals surface area contributed by atoms with Crippen LogP contribution in [0, 0.1) is 5.41 Å². The van der Waals surface area contributed by atoms with E-state index < -0.39 is 5.60 Å². The molecule has 1 heterocycles. The smallest absolute Gasteiger partial charge is 0.410 e. The largest absolute Gasteiger partial charge is 0.444 e. The normalized spacial score (nSPS) is 21.4. The maximum Gasteiger partial charge on any atom is 0.410 e. The van der Waals surface area contributed by atoms with E-state index in [0.29, 0.717) is 26.2 Å². The first-order valence-corrected chi connectivity index (χ1v) is 6.83. The van der Waals surface area contributed by atoms with Gasteiger partial charge in [-0.25, -0.2) is 4.79 Å². The van der Waals surface area contributed by atoms with Gasteiger partial charge >= 0.3 is 6.09 Å².